The average Bonchev–Trinajstić information content (AvgIpc) is 2.53. The van der Waals surface area contributed by atoms with Crippen LogP contribution in [0.25, 0.3) is 0 Å². The van der Waals surface area contributed by atoms with E-state index >= 15 is 0 Å². The fourth-order valence-electron chi connectivity index (χ4n) is 1.78. The molecule has 0 aliphatic heterocycles. The van der Waals surface area contributed by atoms with E-state index in [2.05, 4.69) is 20.6 Å². The molecule has 0 unspecified atom stereocenters. The number of rotatable bonds is 5. The first-order chi connectivity index (χ1) is 11.0. The topological polar surface area (TPSA) is 62.7 Å². The van der Waals surface area contributed by atoms with Gasteiger partial charge in [0, 0.05) is 11.3 Å². The lowest BCUT2D eigenvalue weighted by molar-refractivity contribution is -0.0498. The number of ether oxygens (including phenoxy) is 1. The highest BCUT2D eigenvalue weighted by Gasteiger charge is 2.06. The van der Waals surface area contributed by atoms with Gasteiger partial charge in [-0.2, -0.15) is 13.9 Å². The molecule has 23 heavy (non-hydrogen) atoms. The molecular weight excluding hydrogens is 304 g/mol. The molecule has 0 spiro atoms. The first kappa shape index (κ1) is 16.4. The molecule has 2 N–H and O–H groups in total. The Hall–Kier alpha value is -2.96. The third kappa shape index (κ3) is 5.39. The summed E-state index contributed by atoms with van der Waals surface area (Å²) < 4.78 is 28.7. The number of benzene rings is 2. The van der Waals surface area contributed by atoms with E-state index in [9.17, 15) is 13.6 Å². The smallest absolute Gasteiger partial charge is 0.387 e. The predicted molar refractivity (Wildman–Crippen MR) is 83.9 cm³/mol. The van der Waals surface area contributed by atoms with Gasteiger partial charge in [-0.1, -0.05) is 30.3 Å². The molecule has 0 atom stereocenters. The normalized spacial score (nSPS) is 11.2. The number of carbonyl (C=O) groups excluding carboxylic acids is 1. The lowest BCUT2D eigenvalue weighted by atomic mass is 10.1. The molecule has 0 fully saturated rings. The third-order valence-corrected chi connectivity index (χ3v) is 2.83. The van der Waals surface area contributed by atoms with Crippen molar-refractivity contribution in [1.29, 1.82) is 0 Å². The molecule has 2 amide bonds. The molecule has 2 rings (SSSR count). The number of halogens is 2. The van der Waals surface area contributed by atoms with Crippen LogP contribution in [0, 0.1) is 0 Å². The Labute approximate surface area is 132 Å². The summed E-state index contributed by atoms with van der Waals surface area (Å²) in [6, 6.07) is 14.5. The van der Waals surface area contributed by atoms with Crippen LogP contribution in [0.4, 0.5) is 19.3 Å². The summed E-state index contributed by atoms with van der Waals surface area (Å²) in [6.45, 7) is -1.25. The molecule has 0 bridgehead atoms. The van der Waals surface area contributed by atoms with Crippen molar-refractivity contribution in [1.82, 2.24) is 5.43 Å². The molecule has 0 aromatic heterocycles. The number of hydrazone groups is 1. The number of nitrogens with zero attached hydrogens (tertiary/aromatic N) is 1. The van der Waals surface area contributed by atoms with Gasteiger partial charge in [0.15, 0.2) is 0 Å². The SMILES string of the molecule is C/C(=N/NC(=O)Nc1ccccc1)c1cccc(OC(F)F)c1. The minimum Gasteiger partial charge on any atom is -0.435 e. The molecule has 0 radical (unpaired) electrons. The fourth-order valence-corrected chi connectivity index (χ4v) is 1.78. The number of alkyl halides is 2. The fraction of sp³-hybridized carbons (Fsp3) is 0.125. The van der Waals surface area contributed by atoms with Crippen molar-refractivity contribution < 1.29 is 18.3 Å². The van der Waals surface area contributed by atoms with E-state index < -0.39 is 12.6 Å². The summed E-state index contributed by atoms with van der Waals surface area (Å²) in [5, 5.41) is 6.53. The highest BCUT2D eigenvalue weighted by atomic mass is 19.3. The Morgan fingerprint density at radius 2 is 1.87 bits per heavy atom. The van der Waals surface area contributed by atoms with Gasteiger partial charge in [0.25, 0.3) is 0 Å². The number of hydrogen-bond acceptors (Lipinski definition) is 3. The molecular formula is C16H15F2N3O2. The zero-order valence-electron chi connectivity index (χ0n) is 12.3. The highest BCUT2D eigenvalue weighted by molar-refractivity contribution is 6.00. The number of nitrogens with one attached hydrogen (secondary N) is 2. The molecule has 7 heteroatoms. The Bertz CT molecular complexity index is 691. The number of hydrogen-bond donors (Lipinski definition) is 2. The van der Waals surface area contributed by atoms with E-state index in [-0.39, 0.29) is 5.75 Å². The van der Waals surface area contributed by atoms with Gasteiger partial charge in [-0.25, -0.2) is 10.2 Å². The summed E-state index contributed by atoms with van der Waals surface area (Å²) in [5.41, 5.74) is 3.98. The lowest BCUT2D eigenvalue weighted by Crippen LogP contribution is -2.25. The summed E-state index contributed by atoms with van der Waals surface area (Å²) in [6.07, 6.45) is 0. The maximum Gasteiger partial charge on any atom is 0.387 e. The maximum atomic E-state index is 12.2. The number of carbonyl (C=O) groups is 1. The van der Waals surface area contributed by atoms with Crippen molar-refractivity contribution in [2.45, 2.75) is 13.5 Å². The minimum atomic E-state index is -2.89. The Morgan fingerprint density at radius 1 is 1.13 bits per heavy atom. The standard InChI is InChI=1S/C16H15F2N3O2/c1-11(12-6-5-9-14(10-12)23-15(17)18)20-21-16(22)19-13-7-3-2-4-8-13/h2-10,15H,1H3,(H2,19,21,22)/b20-11-. The Balaban J connectivity index is 1.98. The quantitative estimate of drug-likeness (QED) is 0.650. The Morgan fingerprint density at radius 3 is 2.57 bits per heavy atom. The van der Waals surface area contributed by atoms with Crippen molar-refractivity contribution in [3.63, 3.8) is 0 Å². The predicted octanol–water partition coefficient (Wildman–Crippen LogP) is 3.83. The molecule has 2 aromatic carbocycles. The molecule has 0 saturated carbocycles. The van der Waals surface area contributed by atoms with Gasteiger partial charge < -0.3 is 10.1 Å². The van der Waals surface area contributed by atoms with Gasteiger partial charge in [-0.15, -0.1) is 0 Å². The number of amides is 2. The number of anilines is 1. The monoisotopic (exact) mass is 319 g/mol. The molecule has 2 aromatic rings. The number of para-hydroxylation sites is 1. The lowest BCUT2D eigenvalue weighted by Gasteiger charge is -2.07. The van der Waals surface area contributed by atoms with E-state index in [1.807, 2.05) is 6.07 Å². The summed E-state index contributed by atoms with van der Waals surface area (Å²) >= 11 is 0. The van der Waals surface area contributed by atoms with Gasteiger partial charge in [0.05, 0.1) is 5.71 Å². The summed E-state index contributed by atoms with van der Waals surface area (Å²) in [4.78, 5) is 11.7. The van der Waals surface area contributed by atoms with Gasteiger partial charge in [0.1, 0.15) is 5.75 Å². The second kappa shape index (κ2) is 7.88. The van der Waals surface area contributed by atoms with Crippen molar-refractivity contribution in [2.24, 2.45) is 5.10 Å². The average molecular weight is 319 g/mol. The maximum absolute atomic E-state index is 12.2. The van der Waals surface area contributed by atoms with Crippen LogP contribution in [-0.2, 0) is 0 Å². The zero-order chi connectivity index (χ0) is 16.7. The van der Waals surface area contributed by atoms with Gasteiger partial charge in [-0.05, 0) is 31.2 Å². The molecule has 0 aliphatic rings. The largest absolute Gasteiger partial charge is 0.435 e. The van der Waals surface area contributed by atoms with Crippen molar-refractivity contribution in [3.8, 4) is 5.75 Å². The summed E-state index contributed by atoms with van der Waals surface area (Å²) in [5.74, 6) is 0.0285. The van der Waals surface area contributed by atoms with E-state index in [0.717, 1.165) is 0 Å². The van der Waals surface area contributed by atoms with Gasteiger partial charge in [-0.3, -0.25) is 0 Å². The first-order valence-corrected chi connectivity index (χ1v) is 6.76. The Kier molecular flexibility index (Phi) is 5.62. The van der Waals surface area contributed by atoms with Crippen molar-refractivity contribution in [2.75, 3.05) is 5.32 Å². The zero-order valence-corrected chi connectivity index (χ0v) is 12.3. The van der Waals surface area contributed by atoms with Crippen LogP contribution < -0.4 is 15.5 Å². The van der Waals surface area contributed by atoms with Gasteiger partial charge >= 0.3 is 12.6 Å². The van der Waals surface area contributed by atoms with E-state index in [4.69, 9.17) is 0 Å². The van der Waals surface area contributed by atoms with Crippen LogP contribution in [0.15, 0.2) is 59.7 Å². The van der Waals surface area contributed by atoms with Crippen LogP contribution in [0.3, 0.4) is 0 Å². The second-order valence-electron chi connectivity index (χ2n) is 4.54. The minimum absolute atomic E-state index is 0.0285. The molecule has 120 valence electrons. The first-order valence-electron chi connectivity index (χ1n) is 6.76. The molecule has 0 aliphatic carbocycles. The summed E-state index contributed by atoms with van der Waals surface area (Å²) in [7, 11) is 0. The van der Waals surface area contributed by atoms with E-state index in [1.54, 1.807) is 43.3 Å². The van der Waals surface area contributed by atoms with Crippen LogP contribution in [0.1, 0.15) is 12.5 Å². The van der Waals surface area contributed by atoms with Crippen LogP contribution in [0.2, 0.25) is 0 Å². The third-order valence-electron chi connectivity index (χ3n) is 2.83. The molecule has 5 nitrogen and oxygen atoms in total. The van der Waals surface area contributed by atoms with Crippen LogP contribution >= 0.6 is 0 Å². The second-order valence-corrected chi connectivity index (χ2v) is 4.54. The van der Waals surface area contributed by atoms with Crippen molar-refractivity contribution in [3.05, 3.63) is 60.2 Å². The van der Waals surface area contributed by atoms with Crippen LogP contribution in [-0.4, -0.2) is 18.4 Å². The van der Waals surface area contributed by atoms with Crippen molar-refractivity contribution >= 4 is 17.4 Å². The molecule has 0 saturated heterocycles. The van der Waals surface area contributed by atoms with E-state index in [1.165, 1.54) is 12.1 Å². The number of urea groups is 1. The van der Waals surface area contributed by atoms with E-state index in [0.29, 0.717) is 17.0 Å². The van der Waals surface area contributed by atoms with Gasteiger partial charge in [0.2, 0.25) is 0 Å². The van der Waals surface area contributed by atoms with Crippen LogP contribution in [0.5, 0.6) is 5.75 Å². The highest BCUT2D eigenvalue weighted by Crippen LogP contribution is 2.16. The molecule has 0 heterocycles.